The number of urea groups is 1. The van der Waals surface area contributed by atoms with E-state index in [1.165, 1.54) is 37.7 Å². The molecule has 5 N–H and O–H groups in total. The molecular formula is C30H34N4O4. The van der Waals surface area contributed by atoms with E-state index in [-0.39, 0.29) is 24.9 Å². The van der Waals surface area contributed by atoms with Gasteiger partial charge in [-0.1, -0.05) is 49.6 Å². The Hall–Kier alpha value is -4.33. The van der Waals surface area contributed by atoms with Gasteiger partial charge >= 0.3 is 12.0 Å². The maximum Gasteiger partial charge on any atom is 0.326 e. The quantitative estimate of drug-likeness (QED) is 0.270. The van der Waals surface area contributed by atoms with Crippen LogP contribution in [0.25, 0.3) is 0 Å². The Bertz CT molecular complexity index is 1250. The Labute approximate surface area is 222 Å². The molecule has 3 aromatic rings. The monoisotopic (exact) mass is 514 g/mol. The molecule has 0 radical (unpaired) electrons. The van der Waals surface area contributed by atoms with Crippen molar-refractivity contribution in [1.82, 2.24) is 5.32 Å². The first-order valence-electron chi connectivity index (χ1n) is 13.0. The minimum Gasteiger partial charge on any atom is -0.481 e. The number of amides is 3. The van der Waals surface area contributed by atoms with Crippen molar-refractivity contribution < 1.29 is 19.5 Å². The van der Waals surface area contributed by atoms with Crippen LogP contribution in [0.1, 0.15) is 65.9 Å². The molecule has 3 aromatic carbocycles. The topological polar surface area (TPSA) is 125 Å². The molecule has 38 heavy (non-hydrogen) atoms. The minimum atomic E-state index is -0.978. The first kappa shape index (κ1) is 26.7. The van der Waals surface area contributed by atoms with Crippen LogP contribution in [0.3, 0.4) is 0 Å². The molecule has 0 aromatic heterocycles. The van der Waals surface area contributed by atoms with E-state index < -0.39 is 5.97 Å². The molecule has 1 fully saturated rings. The lowest BCUT2D eigenvalue weighted by Gasteiger charge is -2.25. The third-order valence-corrected chi connectivity index (χ3v) is 6.85. The largest absolute Gasteiger partial charge is 0.481 e. The Kier molecular flexibility index (Phi) is 8.98. The molecule has 0 spiro atoms. The van der Waals surface area contributed by atoms with Crippen molar-refractivity contribution in [2.75, 3.05) is 22.5 Å². The molecule has 0 saturated heterocycles. The maximum absolute atomic E-state index is 13.4. The van der Waals surface area contributed by atoms with Crippen LogP contribution in [0.5, 0.6) is 0 Å². The van der Waals surface area contributed by atoms with E-state index in [2.05, 4.69) is 34.9 Å². The van der Waals surface area contributed by atoms with Crippen molar-refractivity contribution in [3.05, 3.63) is 89.5 Å². The van der Waals surface area contributed by atoms with Crippen molar-refractivity contribution in [3.63, 3.8) is 0 Å². The van der Waals surface area contributed by atoms with Gasteiger partial charge in [0.1, 0.15) is 0 Å². The maximum atomic E-state index is 13.4. The van der Waals surface area contributed by atoms with E-state index in [0.29, 0.717) is 35.1 Å². The number of nitrogen functional groups attached to an aromatic ring is 1. The summed E-state index contributed by atoms with van der Waals surface area (Å²) in [6.45, 7) is 0.380. The lowest BCUT2D eigenvalue weighted by molar-refractivity contribution is -0.136. The number of rotatable bonds is 9. The summed E-state index contributed by atoms with van der Waals surface area (Å²) in [5.41, 5.74) is 10.3. The van der Waals surface area contributed by atoms with Crippen molar-refractivity contribution in [1.29, 1.82) is 0 Å². The van der Waals surface area contributed by atoms with Gasteiger partial charge in [-0.15, -0.1) is 0 Å². The van der Waals surface area contributed by atoms with Crippen molar-refractivity contribution in [2.24, 2.45) is 0 Å². The van der Waals surface area contributed by atoms with Gasteiger partial charge in [-0.2, -0.15) is 0 Å². The highest BCUT2D eigenvalue weighted by Crippen LogP contribution is 2.33. The highest BCUT2D eigenvalue weighted by Gasteiger charge is 2.19. The lowest BCUT2D eigenvalue weighted by Crippen LogP contribution is -2.34. The number of benzene rings is 3. The third kappa shape index (κ3) is 7.35. The predicted octanol–water partition coefficient (Wildman–Crippen LogP) is 5.76. The van der Waals surface area contributed by atoms with Crippen LogP contribution < -0.4 is 21.3 Å². The Balaban J connectivity index is 1.52. The Morgan fingerprint density at radius 1 is 0.921 bits per heavy atom. The van der Waals surface area contributed by atoms with Crippen LogP contribution in [0, 0.1) is 0 Å². The number of carbonyl (C=O) groups is 3. The summed E-state index contributed by atoms with van der Waals surface area (Å²) in [5.74, 6) is -0.740. The van der Waals surface area contributed by atoms with E-state index >= 15 is 0 Å². The molecule has 0 heterocycles. The highest BCUT2D eigenvalue weighted by molar-refractivity contribution is 6.02. The van der Waals surface area contributed by atoms with Gasteiger partial charge in [0, 0.05) is 29.2 Å². The van der Waals surface area contributed by atoms with Gasteiger partial charge in [0.25, 0.3) is 5.91 Å². The van der Waals surface area contributed by atoms with Crippen LogP contribution in [-0.2, 0) is 11.3 Å². The molecule has 0 atom stereocenters. The number of hydrogen-bond donors (Lipinski definition) is 4. The van der Waals surface area contributed by atoms with Crippen LogP contribution in [-0.4, -0.2) is 29.6 Å². The molecule has 8 nitrogen and oxygen atoms in total. The number of anilines is 3. The molecule has 1 aliphatic rings. The van der Waals surface area contributed by atoms with Crippen LogP contribution >= 0.6 is 0 Å². The fourth-order valence-electron chi connectivity index (χ4n) is 4.78. The second kappa shape index (κ2) is 12.8. The fourth-order valence-corrected chi connectivity index (χ4v) is 4.78. The molecule has 4 rings (SSSR count). The summed E-state index contributed by atoms with van der Waals surface area (Å²) < 4.78 is 0. The van der Waals surface area contributed by atoms with Gasteiger partial charge in [0.15, 0.2) is 0 Å². The van der Waals surface area contributed by atoms with E-state index in [1.807, 2.05) is 0 Å². The summed E-state index contributed by atoms with van der Waals surface area (Å²) in [6, 6.07) is 21.8. The van der Waals surface area contributed by atoms with Crippen LogP contribution in [0.2, 0.25) is 0 Å². The number of carboxylic acid groups (broad SMARTS) is 1. The fraction of sp³-hybridized carbons (Fsp3) is 0.300. The summed E-state index contributed by atoms with van der Waals surface area (Å²) in [7, 11) is 0. The molecule has 3 amide bonds. The normalized spacial score (nSPS) is 13.5. The van der Waals surface area contributed by atoms with Gasteiger partial charge < -0.3 is 21.5 Å². The van der Waals surface area contributed by atoms with Crippen molar-refractivity contribution in [2.45, 2.75) is 51.0 Å². The van der Waals surface area contributed by atoms with Gasteiger partial charge in [0.05, 0.1) is 13.0 Å². The Morgan fingerprint density at radius 2 is 1.63 bits per heavy atom. The number of aliphatic carboxylic acids is 1. The number of hydrogen-bond acceptors (Lipinski definition) is 4. The molecule has 198 valence electrons. The van der Waals surface area contributed by atoms with E-state index in [0.717, 1.165) is 5.56 Å². The van der Waals surface area contributed by atoms with E-state index in [1.54, 1.807) is 53.4 Å². The smallest absolute Gasteiger partial charge is 0.326 e. The van der Waals surface area contributed by atoms with E-state index in [4.69, 9.17) is 10.8 Å². The van der Waals surface area contributed by atoms with Crippen molar-refractivity contribution in [3.8, 4) is 0 Å². The zero-order chi connectivity index (χ0) is 26.9. The standard InChI is InChI=1S/C30H34N4O4/c31-25-7-4-8-26(19-25)33-30(38)34(20-21-9-11-23(12-10-21)22-5-2-1-3-6-22)27-15-13-24(14-16-27)29(37)32-18-17-28(35)36/h4,7-16,19,22H,1-3,5-6,17-18,20,31H2,(H,32,37)(H,33,38)(H,35,36). The molecule has 0 aliphatic heterocycles. The molecule has 1 aliphatic carbocycles. The molecule has 8 heteroatoms. The predicted molar refractivity (Wildman–Crippen MR) is 149 cm³/mol. The van der Waals surface area contributed by atoms with Gasteiger partial charge in [-0.25, -0.2) is 4.79 Å². The number of nitrogens with zero attached hydrogens (tertiary/aromatic N) is 1. The lowest BCUT2D eigenvalue weighted by atomic mass is 9.84. The second-order valence-electron chi connectivity index (χ2n) is 9.66. The molecular weight excluding hydrogens is 480 g/mol. The van der Waals surface area contributed by atoms with Crippen LogP contribution in [0.4, 0.5) is 21.9 Å². The number of nitrogens with two attached hydrogens (primary N) is 1. The second-order valence-corrected chi connectivity index (χ2v) is 9.66. The average molecular weight is 515 g/mol. The van der Waals surface area contributed by atoms with Crippen molar-refractivity contribution >= 4 is 35.0 Å². The third-order valence-electron chi connectivity index (χ3n) is 6.85. The number of carbonyl (C=O) groups excluding carboxylic acids is 2. The minimum absolute atomic E-state index is 0.0432. The number of nitrogens with one attached hydrogen (secondary N) is 2. The van der Waals surface area contributed by atoms with Crippen LogP contribution in [0.15, 0.2) is 72.8 Å². The first-order valence-corrected chi connectivity index (χ1v) is 13.0. The van der Waals surface area contributed by atoms with Gasteiger partial charge in [0.2, 0.25) is 0 Å². The highest BCUT2D eigenvalue weighted by atomic mass is 16.4. The molecule has 0 unspecified atom stereocenters. The SMILES string of the molecule is Nc1cccc(NC(=O)N(Cc2ccc(C3CCCCC3)cc2)c2ccc(C(=O)NCCC(=O)O)cc2)c1. The first-order chi connectivity index (χ1) is 18.4. The summed E-state index contributed by atoms with van der Waals surface area (Å²) in [6.07, 6.45) is 6.17. The van der Waals surface area contributed by atoms with Gasteiger partial charge in [-0.05, 0) is 72.4 Å². The number of carboxylic acids is 1. The molecule has 0 bridgehead atoms. The summed E-state index contributed by atoms with van der Waals surface area (Å²) >= 11 is 0. The van der Waals surface area contributed by atoms with Gasteiger partial charge in [-0.3, -0.25) is 14.5 Å². The zero-order valence-electron chi connectivity index (χ0n) is 21.4. The summed E-state index contributed by atoms with van der Waals surface area (Å²) in [5, 5.41) is 14.3. The summed E-state index contributed by atoms with van der Waals surface area (Å²) in [4.78, 5) is 38.1. The molecule has 1 saturated carbocycles. The van der Waals surface area contributed by atoms with E-state index in [9.17, 15) is 14.4 Å². The average Bonchev–Trinajstić information content (AvgIpc) is 2.92. The Morgan fingerprint density at radius 3 is 2.29 bits per heavy atom. The zero-order valence-corrected chi connectivity index (χ0v) is 21.4.